The first-order chi connectivity index (χ1) is 4.00. The number of hydrogen-bond acceptors (Lipinski definition) is 8. The second-order valence-electron chi connectivity index (χ2n) is 0.756. The summed E-state index contributed by atoms with van der Waals surface area (Å²) in [4.78, 5) is 0. The van der Waals surface area contributed by atoms with E-state index in [-0.39, 0.29) is 44.6 Å². The van der Waals surface area contributed by atoms with Crippen molar-refractivity contribution < 1.29 is 105 Å². The molecule has 0 heterocycles. The van der Waals surface area contributed by atoms with Crippen LogP contribution in [0.2, 0.25) is 0 Å². The summed E-state index contributed by atoms with van der Waals surface area (Å²) < 4.78 is 69.1. The summed E-state index contributed by atoms with van der Waals surface area (Å²) in [7, 11) is 0. The Kier molecular flexibility index (Phi) is 25.5. The maximum absolute atomic E-state index is 8.64. The topological polar surface area (TPSA) is 149 Å². The standard InChI is InChI=1S/2ClH.8O.Os.2Re/h2*1H;;;;;;;;;;;/q;;;;;;;;2*-1;+4;;/p-2. The van der Waals surface area contributed by atoms with Gasteiger partial charge >= 0.3 is 79.8 Å². The van der Waals surface area contributed by atoms with Crippen LogP contribution in [0.5, 0.6) is 0 Å². The SMILES string of the molecule is [Cl-].[Cl-].[O]=[Re](=[O])(=[O])[O-].[O]=[Re](=[O])(=[O])[O-].[Os+4]. The van der Waals surface area contributed by atoms with Crippen molar-refractivity contribution in [3.05, 3.63) is 0 Å². The van der Waals surface area contributed by atoms with E-state index < -0.39 is 31.6 Å². The summed E-state index contributed by atoms with van der Waals surface area (Å²) >= 11 is -12.2. The van der Waals surface area contributed by atoms with Crippen molar-refractivity contribution in [2.24, 2.45) is 0 Å². The van der Waals surface area contributed by atoms with Crippen LogP contribution >= 0.6 is 0 Å². The minimum Gasteiger partial charge on any atom is 4.00 e. The van der Waals surface area contributed by atoms with E-state index >= 15 is 0 Å². The molecule has 0 amide bonds. The van der Waals surface area contributed by atoms with Gasteiger partial charge in [0.2, 0.25) is 0 Å². The molecular weight excluding hydrogens is 762 g/mol. The van der Waals surface area contributed by atoms with Crippen LogP contribution in [-0.2, 0) is 72.2 Å². The first kappa shape index (κ1) is 29.2. The molecule has 8 nitrogen and oxygen atoms in total. The van der Waals surface area contributed by atoms with E-state index in [4.69, 9.17) is 28.5 Å². The zero-order valence-electron chi connectivity index (χ0n) is 5.13. The molecule has 84 valence electrons. The largest absolute Gasteiger partial charge is 4.00 e. The van der Waals surface area contributed by atoms with Crippen molar-refractivity contribution in [1.29, 1.82) is 0 Å². The van der Waals surface area contributed by atoms with Gasteiger partial charge in [-0.1, -0.05) is 0 Å². The Labute approximate surface area is 104 Å². The average molecular weight is 762 g/mol. The molecule has 13 heteroatoms. The molecule has 0 aromatic heterocycles. The molecule has 0 aliphatic rings. The number of rotatable bonds is 0. The van der Waals surface area contributed by atoms with Crippen LogP contribution in [0.4, 0.5) is 0 Å². The van der Waals surface area contributed by atoms with E-state index in [0.717, 1.165) is 0 Å². The number of halogens is 2. The molecule has 0 bridgehead atoms. The van der Waals surface area contributed by atoms with Crippen LogP contribution in [0, 0.1) is 0 Å². The Morgan fingerprint density at radius 1 is 0.615 bits per heavy atom. The van der Waals surface area contributed by atoms with Gasteiger partial charge < -0.3 is 24.8 Å². The average Bonchev–Trinajstić information content (AvgIpc) is 1.12. The van der Waals surface area contributed by atoms with Crippen molar-refractivity contribution in [3.63, 3.8) is 0 Å². The molecule has 0 aliphatic heterocycles. The van der Waals surface area contributed by atoms with Gasteiger partial charge in [0.25, 0.3) is 0 Å². The summed E-state index contributed by atoms with van der Waals surface area (Å²) in [5.41, 5.74) is 0. The third-order valence-corrected chi connectivity index (χ3v) is 0. The molecule has 0 aliphatic carbocycles. The van der Waals surface area contributed by atoms with E-state index in [9.17, 15) is 0 Å². The monoisotopic (exact) mass is 764 g/mol. The molecule has 0 atom stereocenters. The van der Waals surface area contributed by atoms with Crippen LogP contribution < -0.4 is 32.5 Å². The summed E-state index contributed by atoms with van der Waals surface area (Å²) in [5, 5.41) is 0. The molecule has 0 N–H and O–H groups in total. The van der Waals surface area contributed by atoms with E-state index in [1.165, 1.54) is 0 Å². The minimum atomic E-state index is -6.11. The van der Waals surface area contributed by atoms with E-state index in [2.05, 4.69) is 0 Å². The summed E-state index contributed by atoms with van der Waals surface area (Å²) in [5.74, 6) is 0. The Bertz CT molecular complexity index is 304. The van der Waals surface area contributed by atoms with Crippen LogP contribution in [0.3, 0.4) is 0 Å². The van der Waals surface area contributed by atoms with Crippen LogP contribution in [0.15, 0.2) is 0 Å². The van der Waals surface area contributed by atoms with Crippen molar-refractivity contribution >= 4 is 0 Å². The Hall–Kier alpha value is 1.26. The molecule has 0 saturated heterocycles. The Balaban J connectivity index is -0.0000000267. The van der Waals surface area contributed by atoms with E-state index in [1.807, 2.05) is 0 Å². The van der Waals surface area contributed by atoms with Crippen molar-refractivity contribution in [2.75, 3.05) is 0 Å². The molecule has 13 heavy (non-hydrogen) atoms. The van der Waals surface area contributed by atoms with E-state index in [1.54, 1.807) is 0 Å². The third-order valence-electron chi connectivity index (χ3n) is 0. The Morgan fingerprint density at radius 3 is 0.615 bits per heavy atom. The van der Waals surface area contributed by atoms with Crippen LogP contribution in [0.1, 0.15) is 0 Å². The summed E-state index contributed by atoms with van der Waals surface area (Å²) in [6, 6.07) is 0. The first-order valence-electron chi connectivity index (χ1n) is 1.23. The van der Waals surface area contributed by atoms with Gasteiger partial charge in [0.1, 0.15) is 0 Å². The van der Waals surface area contributed by atoms with Crippen molar-refractivity contribution in [1.82, 2.24) is 0 Å². The first-order valence-corrected chi connectivity index (χ1v) is 10.1. The van der Waals surface area contributed by atoms with Crippen LogP contribution in [0.25, 0.3) is 0 Å². The fourth-order valence-electron chi connectivity index (χ4n) is 0. The molecule has 0 aromatic rings. The fourth-order valence-corrected chi connectivity index (χ4v) is 0. The van der Waals surface area contributed by atoms with E-state index in [0.29, 0.717) is 0 Å². The van der Waals surface area contributed by atoms with Gasteiger partial charge in [-0.3, -0.25) is 0 Å². The predicted molar refractivity (Wildman–Crippen MR) is 4.12 cm³/mol. The zero-order chi connectivity index (χ0) is 9.00. The second-order valence-corrected chi connectivity index (χ2v) is 6.19. The summed E-state index contributed by atoms with van der Waals surface area (Å²) in [6.45, 7) is 0. The molecule has 0 saturated carbocycles. The van der Waals surface area contributed by atoms with Crippen molar-refractivity contribution in [2.45, 2.75) is 0 Å². The third kappa shape index (κ3) is 1060. The normalized spacial score (nSPS) is 8.77. The van der Waals surface area contributed by atoms with Crippen LogP contribution in [-0.4, -0.2) is 0 Å². The second kappa shape index (κ2) is 11.3. The maximum atomic E-state index is 8.64. The fraction of sp³-hybridized carbons (Fsp3) is 0. The van der Waals surface area contributed by atoms with Gasteiger partial charge in [0.05, 0.1) is 0 Å². The van der Waals surface area contributed by atoms with Gasteiger partial charge in [0.15, 0.2) is 0 Å². The summed E-state index contributed by atoms with van der Waals surface area (Å²) in [6.07, 6.45) is 0. The molecule has 0 unspecified atom stereocenters. The molecule has 0 fully saturated rings. The quantitative estimate of drug-likeness (QED) is 0.237. The molecule has 0 radical (unpaired) electrons. The molecule has 0 spiro atoms. The zero-order valence-corrected chi connectivity index (χ0v) is 14.6. The van der Waals surface area contributed by atoms with Gasteiger partial charge in [-0.05, 0) is 0 Å². The van der Waals surface area contributed by atoms with Gasteiger partial charge in [-0.15, -0.1) is 0 Å². The smallest absolute Gasteiger partial charge is 4.00 e. The Morgan fingerprint density at radius 2 is 0.615 bits per heavy atom. The number of hydrogen-bond donors (Lipinski definition) is 0. The van der Waals surface area contributed by atoms with Crippen molar-refractivity contribution in [3.8, 4) is 0 Å². The molecular formula is Cl2O8OsRe2. The van der Waals surface area contributed by atoms with Gasteiger partial charge in [0, 0.05) is 0 Å². The minimum absolute atomic E-state index is 0. The molecule has 0 rings (SSSR count). The van der Waals surface area contributed by atoms with Gasteiger partial charge in [-0.2, -0.15) is 0 Å². The maximum Gasteiger partial charge on any atom is 4.00 e. The molecule has 0 aromatic carbocycles. The predicted octanol–water partition coefficient (Wildman–Crippen LogP) is -9.09. The van der Waals surface area contributed by atoms with Gasteiger partial charge in [-0.25, -0.2) is 0 Å².